The average Bonchev–Trinajstić information content (AvgIpc) is 2.54. The average molecular weight is 315 g/mol. The van der Waals surface area contributed by atoms with Crippen LogP contribution in [0.15, 0.2) is 58.3 Å². The van der Waals surface area contributed by atoms with Crippen LogP contribution < -0.4 is 4.90 Å². The number of hydrogen-bond donors (Lipinski definition) is 0. The highest BCUT2D eigenvalue weighted by atomic mass is 32.2. The molecular weight excluding hydrogens is 294 g/mol. The van der Waals surface area contributed by atoms with Crippen LogP contribution in [0.1, 0.15) is 32.6 Å². The van der Waals surface area contributed by atoms with Gasteiger partial charge in [-0.15, -0.1) is 0 Å². The largest absolute Gasteiger partial charge is 0.339 e. The van der Waals surface area contributed by atoms with Gasteiger partial charge in [0.15, 0.2) is 0 Å². The zero-order valence-electron chi connectivity index (χ0n) is 12.8. The quantitative estimate of drug-likeness (QED) is 0.760. The van der Waals surface area contributed by atoms with Gasteiger partial charge in [-0.05, 0) is 30.7 Å². The molecule has 0 radical (unpaired) electrons. The Bertz CT molecular complexity index is 715. The van der Waals surface area contributed by atoms with E-state index < -0.39 is 9.84 Å². The molecule has 0 bridgehead atoms. The fourth-order valence-corrected chi connectivity index (χ4v) is 4.66. The lowest BCUT2D eigenvalue weighted by Crippen LogP contribution is -2.26. The predicted molar refractivity (Wildman–Crippen MR) is 89.5 cm³/mol. The third-order valence-electron chi connectivity index (χ3n) is 4.13. The zero-order chi connectivity index (χ0) is 15.6. The van der Waals surface area contributed by atoms with Crippen molar-refractivity contribution in [2.75, 3.05) is 11.4 Å². The number of unbranched alkanes of at least 4 members (excludes halogenated alkanes) is 3. The molecule has 0 fully saturated rings. The van der Waals surface area contributed by atoms with Gasteiger partial charge in [-0.25, -0.2) is 8.42 Å². The van der Waals surface area contributed by atoms with E-state index in [1.165, 1.54) is 19.3 Å². The van der Waals surface area contributed by atoms with Crippen LogP contribution >= 0.6 is 0 Å². The Morgan fingerprint density at radius 2 is 1.36 bits per heavy atom. The molecule has 2 aromatic carbocycles. The van der Waals surface area contributed by atoms with Crippen LogP contribution in [-0.2, 0) is 9.84 Å². The summed E-state index contributed by atoms with van der Waals surface area (Å²) >= 11 is 0. The predicted octanol–water partition coefficient (Wildman–Crippen LogP) is 4.55. The number of hydrogen-bond acceptors (Lipinski definition) is 3. The van der Waals surface area contributed by atoms with E-state index in [9.17, 15) is 8.42 Å². The van der Waals surface area contributed by atoms with Gasteiger partial charge in [0.1, 0.15) is 0 Å². The molecule has 1 aliphatic heterocycles. The van der Waals surface area contributed by atoms with E-state index in [1.54, 1.807) is 24.3 Å². The summed E-state index contributed by atoms with van der Waals surface area (Å²) in [6.45, 7) is 3.04. The van der Waals surface area contributed by atoms with Crippen molar-refractivity contribution in [1.29, 1.82) is 0 Å². The summed E-state index contributed by atoms with van der Waals surface area (Å²) in [4.78, 5) is 3.00. The molecule has 0 spiro atoms. The Kier molecular flexibility index (Phi) is 4.21. The summed E-state index contributed by atoms with van der Waals surface area (Å²) in [5.41, 5.74) is 1.61. The van der Waals surface area contributed by atoms with Crippen molar-refractivity contribution in [2.45, 2.75) is 42.4 Å². The van der Waals surface area contributed by atoms with Gasteiger partial charge in [0.05, 0.1) is 21.2 Å². The first-order valence-corrected chi connectivity index (χ1v) is 9.35. The minimum Gasteiger partial charge on any atom is -0.339 e. The molecule has 3 rings (SSSR count). The first-order valence-electron chi connectivity index (χ1n) is 7.87. The SMILES string of the molecule is CCCCCCN1c2ccccc2S(=O)(=O)c2ccccc21. The molecule has 0 atom stereocenters. The fraction of sp³-hybridized carbons (Fsp3) is 0.333. The third-order valence-corrected chi connectivity index (χ3v) is 5.97. The summed E-state index contributed by atoms with van der Waals surface area (Å²) in [7, 11) is -3.41. The van der Waals surface area contributed by atoms with Gasteiger partial charge in [0, 0.05) is 6.54 Å². The lowest BCUT2D eigenvalue weighted by atomic mass is 10.1. The summed E-state index contributed by atoms with van der Waals surface area (Å²) in [6, 6.07) is 14.6. The second kappa shape index (κ2) is 6.13. The Morgan fingerprint density at radius 3 is 1.91 bits per heavy atom. The number of rotatable bonds is 5. The van der Waals surface area contributed by atoms with Crippen molar-refractivity contribution < 1.29 is 8.42 Å². The molecule has 22 heavy (non-hydrogen) atoms. The number of nitrogens with zero attached hydrogens (tertiary/aromatic N) is 1. The molecule has 0 saturated heterocycles. The highest BCUT2D eigenvalue weighted by Crippen LogP contribution is 2.43. The fourth-order valence-electron chi connectivity index (χ4n) is 3.00. The molecule has 1 heterocycles. The normalized spacial score (nSPS) is 15.2. The number of fused-ring (bicyclic) bond motifs is 2. The van der Waals surface area contributed by atoms with Gasteiger partial charge < -0.3 is 4.90 Å². The summed E-state index contributed by atoms with van der Waals surface area (Å²) < 4.78 is 25.6. The molecule has 4 heteroatoms. The lowest BCUT2D eigenvalue weighted by molar-refractivity contribution is 0.592. The van der Waals surface area contributed by atoms with Crippen LogP contribution in [0.25, 0.3) is 0 Å². The van der Waals surface area contributed by atoms with Crippen LogP contribution in [-0.4, -0.2) is 15.0 Å². The molecule has 0 unspecified atom stereocenters. The van der Waals surface area contributed by atoms with Crippen molar-refractivity contribution in [3.05, 3.63) is 48.5 Å². The minimum atomic E-state index is -3.41. The number of sulfone groups is 1. The topological polar surface area (TPSA) is 37.4 Å². The minimum absolute atomic E-state index is 0.421. The molecule has 0 amide bonds. The van der Waals surface area contributed by atoms with Crippen LogP contribution in [0.5, 0.6) is 0 Å². The van der Waals surface area contributed by atoms with Crippen molar-refractivity contribution in [3.8, 4) is 0 Å². The number of para-hydroxylation sites is 2. The van der Waals surface area contributed by atoms with Gasteiger partial charge >= 0.3 is 0 Å². The second-order valence-corrected chi connectivity index (χ2v) is 7.54. The second-order valence-electron chi connectivity index (χ2n) is 5.65. The standard InChI is InChI=1S/C18H21NO2S/c1-2-3-4-9-14-19-15-10-5-7-12-17(15)22(20,21)18-13-8-6-11-16(18)19/h5-8,10-13H,2-4,9,14H2,1H3. The maximum absolute atomic E-state index is 12.8. The Balaban J connectivity index is 2.04. The van der Waals surface area contributed by atoms with Crippen LogP contribution in [0.3, 0.4) is 0 Å². The molecule has 3 nitrogen and oxygen atoms in total. The number of benzene rings is 2. The van der Waals surface area contributed by atoms with Crippen molar-refractivity contribution in [2.24, 2.45) is 0 Å². The molecule has 0 saturated carbocycles. The third kappa shape index (κ3) is 2.52. The Hall–Kier alpha value is -1.81. The summed E-state index contributed by atoms with van der Waals surface area (Å²) in [5, 5.41) is 0. The van der Waals surface area contributed by atoms with E-state index in [2.05, 4.69) is 11.8 Å². The molecule has 0 aromatic heterocycles. The maximum atomic E-state index is 12.8. The molecule has 116 valence electrons. The van der Waals surface area contributed by atoms with E-state index in [4.69, 9.17) is 0 Å². The van der Waals surface area contributed by atoms with Gasteiger partial charge in [0.2, 0.25) is 9.84 Å². The van der Waals surface area contributed by atoms with E-state index in [1.807, 2.05) is 24.3 Å². The smallest absolute Gasteiger partial charge is 0.210 e. The monoisotopic (exact) mass is 315 g/mol. The molecular formula is C18H21NO2S. The van der Waals surface area contributed by atoms with Crippen molar-refractivity contribution in [3.63, 3.8) is 0 Å². The van der Waals surface area contributed by atoms with Gasteiger partial charge in [0.25, 0.3) is 0 Å². The highest BCUT2D eigenvalue weighted by molar-refractivity contribution is 7.92. The number of anilines is 2. The summed E-state index contributed by atoms with van der Waals surface area (Å²) in [6.07, 6.45) is 4.65. The van der Waals surface area contributed by atoms with Crippen LogP contribution in [0.4, 0.5) is 11.4 Å². The zero-order valence-corrected chi connectivity index (χ0v) is 13.6. The Morgan fingerprint density at radius 1 is 0.818 bits per heavy atom. The van der Waals surface area contributed by atoms with Crippen LogP contribution in [0.2, 0.25) is 0 Å². The van der Waals surface area contributed by atoms with Crippen LogP contribution in [0, 0.1) is 0 Å². The van der Waals surface area contributed by atoms with E-state index in [0.29, 0.717) is 9.79 Å². The highest BCUT2D eigenvalue weighted by Gasteiger charge is 2.33. The Labute approximate surface area is 132 Å². The molecule has 0 N–H and O–H groups in total. The molecule has 1 aliphatic rings. The molecule has 2 aromatic rings. The van der Waals surface area contributed by atoms with Gasteiger partial charge in [-0.2, -0.15) is 0 Å². The first-order chi connectivity index (χ1) is 10.7. The summed E-state index contributed by atoms with van der Waals surface area (Å²) in [5.74, 6) is 0. The van der Waals surface area contributed by atoms with Gasteiger partial charge in [-0.1, -0.05) is 50.5 Å². The van der Waals surface area contributed by atoms with E-state index >= 15 is 0 Å². The molecule has 0 aliphatic carbocycles. The van der Waals surface area contributed by atoms with E-state index in [0.717, 1.165) is 24.3 Å². The maximum Gasteiger partial charge on any atom is 0.210 e. The van der Waals surface area contributed by atoms with Crippen molar-refractivity contribution >= 4 is 21.2 Å². The van der Waals surface area contributed by atoms with E-state index in [-0.39, 0.29) is 0 Å². The van der Waals surface area contributed by atoms with Gasteiger partial charge in [-0.3, -0.25) is 0 Å². The first kappa shape index (κ1) is 15.1. The van der Waals surface area contributed by atoms with Crippen molar-refractivity contribution in [1.82, 2.24) is 0 Å². The lowest BCUT2D eigenvalue weighted by Gasteiger charge is -2.32.